The number of nitrogens with one attached hydrogen (secondary N) is 2. The molecule has 3 heterocycles. The first-order valence-corrected chi connectivity index (χ1v) is 7.81. The summed E-state index contributed by atoms with van der Waals surface area (Å²) in [6.45, 7) is 6.14. The smallest absolute Gasteiger partial charge is 0.329 e. The second-order valence-corrected chi connectivity index (χ2v) is 6.74. The maximum absolute atomic E-state index is 12.3. The number of carbonyl (C=O) groups is 2. The number of pyridine rings is 1. The lowest BCUT2D eigenvalue weighted by atomic mass is 9.80. The number of anilines is 1. The van der Waals surface area contributed by atoms with E-state index in [0.29, 0.717) is 18.7 Å². The van der Waals surface area contributed by atoms with E-state index in [9.17, 15) is 9.59 Å². The number of aryl methyl sites for hydroxylation is 2. The predicted octanol–water partition coefficient (Wildman–Crippen LogP) is 1.74. The van der Waals surface area contributed by atoms with Gasteiger partial charge in [0.25, 0.3) is 0 Å². The lowest BCUT2D eigenvalue weighted by Gasteiger charge is -2.36. The lowest BCUT2D eigenvalue weighted by molar-refractivity contribution is -0.155. The largest absolute Gasteiger partial charge is 0.464 e. The van der Waals surface area contributed by atoms with Crippen molar-refractivity contribution in [3.63, 3.8) is 0 Å². The van der Waals surface area contributed by atoms with E-state index in [0.717, 1.165) is 16.7 Å². The molecular formula is C16H21N5O3. The van der Waals surface area contributed by atoms with Gasteiger partial charge in [-0.3, -0.25) is 4.68 Å². The van der Waals surface area contributed by atoms with Crippen LogP contribution in [0.15, 0.2) is 12.3 Å². The number of cyclic esters (lactones) is 1. The third-order valence-corrected chi connectivity index (χ3v) is 4.40. The Balaban J connectivity index is 1.75. The van der Waals surface area contributed by atoms with E-state index in [1.807, 2.05) is 33.9 Å². The van der Waals surface area contributed by atoms with Crippen molar-refractivity contribution in [1.82, 2.24) is 20.1 Å². The molecule has 8 nitrogen and oxygen atoms in total. The van der Waals surface area contributed by atoms with E-state index >= 15 is 0 Å². The zero-order valence-electron chi connectivity index (χ0n) is 14.2. The van der Waals surface area contributed by atoms with Crippen LogP contribution in [0.5, 0.6) is 0 Å². The summed E-state index contributed by atoms with van der Waals surface area (Å²) in [5, 5.41) is 10.6. The summed E-state index contributed by atoms with van der Waals surface area (Å²) in [7, 11) is 1.82. The van der Waals surface area contributed by atoms with E-state index < -0.39 is 18.0 Å². The van der Waals surface area contributed by atoms with Crippen LogP contribution >= 0.6 is 0 Å². The number of amides is 2. The number of hydrogen-bond donors (Lipinski definition) is 2. The van der Waals surface area contributed by atoms with E-state index in [4.69, 9.17) is 4.74 Å². The Morgan fingerprint density at radius 3 is 2.92 bits per heavy atom. The van der Waals surface area contributed by atoms with Crippen molar-refractivity contribution in [2.45, 2.75) is 33.2 Å². The number of esters is 1. The number of nitrogens with zero attached hydrogens (tertiary/aromatic N) is 3. The second kappa shape index (κ2) is 5.77. The van der Waals surface area contributed by atoms with Crippen molar-refractivity contribution in [1.29, 1.82) is 0 Å². The number of rotatable bonds is 2. The second-order valence-electron chi connectivity index (χ2n) is 6.74. The Bertz CT molecular complexity index is 811. The topological polar surface area (TPSA) is 98.1 Å². The average Bonchev–Trinajstić information content (AvgIpc) is 2.77. The van der Waals surface area contributed by atoms with Crippen LogP contribution in [0, 0.1) is 12.3 Å². The molecule has 1 saturated heterocycles. The molecule has 8 heteroatoms. The molecule has 2 N–H and O–H groups in total. The summed E-state index contributed by atoms with van der Waals surface area (Å²) in [5.41, 5.74) is 1.77. The number of urea groups is 1. The molecule has 0 bridgehead atoms. The fourth-order valence-electron chi connectivity index (χ4n) is 2.89. The third kappa shape index (κ3) is 2.91. The quantitative estimate of drug-likeness (QED) is 0.817. The van der Waals surface area contributed by atoms with Gasteiger partial charge >= 0.3 is 12.0 Å². The number of hydrogen-bond acceptors (Lipinski definition) is 5. The number of ether oxygens (including phenoxy) is 1. The summed E-state index contributed by atoms with van der Waals surface area (Å²) in [4.78, 5) is 28.5. The Kier molecular flexibility index (Phi) is 3.90. The van der Waals surface area contributed by atoms with Crippen LogP contribution in [0.4, 0.5) is 10.5 Å². The molecular weight excluding hydrogens is 310 g/mol. The molecule has 0 aliphatic carbocycles. The van der Waals surface area contributed by atoms with Gasteiger partial charge < -0.3 is 15.4 Å². The molecule has 2 aromatic rings. The van der Waals surface area contributed by atoms with Crippen molar-refractivity contribution in [3.8, 4) is 0 Å². The van der Waals surface area contributed by atoms with Crippen LogP contribution in [0.2, 0.25) is 0 Å². The van der Waals surface area contributed by atoms with Crippen molar-refractivity contribution < 1.29 is 14.3 Å². The average molecular weight is 331 g/mol. The molecule has 1 unspecified atom stereocenters. The molecule has 1 atom stereocenters. The number of aromatic nitrogens is 3. The molecule has 1 aliphatic heterocycles. The standard InChI is InChI=1S/C16H21N5O3/c1-9-11-7-10(8-17-13(11)21(4)20-9)18-15(23)19-12-14(22)24-6-5-16(12,2)3/h7-8,12H,5-6H2,1-4H3,(H2,18,19,23). The summed E-state index contributed by atoms with van der Waals surface area (Å²) >= 11 is 0. The molecule has 0 spiro atoms. The predicted molar refractivity (Wildman–Crippen MR) is 88.5 cm³/mol. The fourth-order valence-corrected chi connectivity index (χ4v) is 2.89. The van der Waals surface area contributed by atoms with Gasteiger partial charge in [0.15, 0.2) is 5.65 Å². The molecule has 1 fully saturated rings. The minimum atomic E-state index is -0.678. The number of carbonyl (C=O) groups excluding carboxylic acids is 2. The first-order valence-electron chi connectivity index (χ1n) is 7.81. The summed E-state index contributed by atoms with van der Waals surface area (Å²) in [6, 6.07) is 0.673. The van der Waals surface area contributed by atoms with Crippen LogP contribution in [-0.2, 0) is 16.6 Å². The molecule has 0 aromatic carbocycles. The fraction of sp³-hybridized carbons (Fsp3) is 0.500. The van der Waals surface area contributed by atoms with E-state index in [1.165, 1.54) is 0 Å². The molecule has 24 heavy (non-hydrogen) atoms. The zero-order valence-corrected chi connectivity index (χ0v) is 14.2. The van der Waals surface area contributed by atoms with Gasteiger partial charge in [0, 0.05) is 12.4 Å². The molecule has 1 aliphatic rings. The summed E-state index contributed by atoms with van der Waals surface area (Å²) < 4.78 is 6.74. The summed E-state index contributed by atoms with van der Waals surface area (Å²) in [5.74, 6) is -0.405. The van der Waals surface area contributed by atoms with Gasteiger partial charge in [-0.25, -0.2) is 14.6 Å². The Morgan fingerprint density at radius 2 is 2.21 bits per heavy atom. The maximum atomic E-state index is 12.3. The van der Waals surface area contributed by atoms with Gasteiger partial charge in [0.1, 0.15) is 6.04 Å². The van der Waals surface area contributed by atoms with E-state index in [2.05, 4.69) is 20.7 Å². The van der Waals surface area contributed by atoms with Gasteiger partial charge in [-0.2, -0.15) is 5.10 Å². The minimum Gasteiger partial charge on any atom is -0.464 e. The molecule has 0 saturated carbocycles. The molecule has 3 rings (SSSR count). The van der Waals surface area contributed by atoms with Crippen LogP contribution in [0.25, 0.3) is 11.0 Å². The highest BCUT2D eigenvalue weighted by atomic mass is 16.5. The van der Waals surface area contributed by atoms with E-state index in [-0.39, 0.29) is 5.41 Å². The molecule has 2 aromatic heterocycles. The SMILES string of the molecule is Cc1nn(C)c2ncc(NC(=O)NC3C(=O)OCCC3(C)C)cc12. The third-order valence-electron chi connectivity index (χ3n) is 4.40. The van der Waals surface area contributed by atoms with Crippen LogP contribution in [0.1, 0.15) is 26.0 Å². The van der Waals surface area contributed by atoms with Gasteiger partial charge in [0.05, 0.1) is 24.2 Å². The molecule has 0 radical (unpaired) electrons. The van der Waals surface area contributed by atoms with Gasteiger partial charge in [-0.15, -0.1) is 0 Å². The monoisotopic (exact) mass is 331 g/mol. The van der Waals surface area contributed by atoms with E-state index in [1.54, 1.807) is 10.9 Å². The maximum Gasteiger partial charge on any atom is 0.329 e. The summed E-state index contributed by atoms with van der Waals surface area (Å²) in [6.07, 6.45) is 2.26. The van der Waals surface area contributed by atoms with Gasteiger partial charge in [-0.05, 0) is 24.8 Å². The van der Waals surface area contributed by atoms with Crippen LogP contribution < -0.4 is 10.6 Å². The Labute approximate surface area is 139 Å². The molecule has 128 valence electrons. The first-order chi connectivity index (χ1) is 11.3. The van der Waals surface area contributed by atoms with Crippen molar-refractivity contribution in [2.24, 2.45) is 12.5 Å². The minimum absolute atomic E-state index is 0.352. The number of fused-ring (bicyclic) bond motifs is 1. The van der Waals surface area contributed by atoms with Crippen molar-refractivity contribution in [3.05, 3.63) is 18.0 Å². The lowest BCUT2D eigenvalue weighted by Crippen LogP contribution is -2.55. The zero-order chi connectivity index (χ0) is 17.5. The highest BCUT2D eigenvalue weighted by Gasteiger charge is 2.41. The van der Waals surface area contributed by atoms with Gasteiger partial charge in [-0.1, -0.05) is 13.8 Å². The van der Waals surface area contributed by atoms with Crippen LogP contribution in [-0.4, -0.2) is 39.4 Å². The highest BCUT2D eigenvalue weighted by Crippen LogP contribution is 2.30. The highest BCUT2D eigenvalue weighted by molar-refractivity contribution is 5.94. The van der Waals surface area contributed by atoms with Gasteiger partial charge in [0.2, 0.25) is 0 Å². The first kappa shape index (κ1) is 16.2. The van der Waals surface area contributed by atoms with Crippen molar-refractivity contribution >= 4 is 28.7 Å². The van der Waals surface area contributed by atoms with Crippen LogP contribution in [0.3, 0.4) is 0 Å². The Morgan fingerprint density at radius 1 is 1.46 bits per heavy atom. The normalized spacial score (nSPS) is 19.8. The van der Waals surface area contributed by atoms with Crippen molar-refractivity contribution in [2.75, 3.05) is 11.9 Å². The Hall–Kier alpha value is -2.64. The molecule has 2 amide bonds.